The number of thioether (sulfide) groups is 1. The SMILES string of the molecule is O=C(CSc1nnc(-c2ccccc2)o1)Nc1ccc(I)cc1. The Hall–Kier alpha value is -1.87. The molecule has 0 spiro atoms. The molecule has 0 saturated carbocycles. The zero-order valence-electron chi connectivity index (χ0n) is 11.9. The summed E-state index contributed by atoms with van der Waals surface area (Å²) < 4.78 is 6.67. The van der Waals surface area contributed by atoms with Crippen LogP contribution in [0.4, 0.5) is 5.69 Å². The summed E-state index contributed by atoms with van der Waals surface area (Å²) in [6.45, 7) is 0. The molecule has 0 fully saturated rings. The van der Waals surface area contributed by atoms with E-state index in [-0.39, 0.29) is 11.7 Å². The van der Waals surface area contributed by atoms with Crippen LogP contribution in [0.5, 0.6) is 0 Å². The molecule has 0 aliphatic carbocycles. The number of hydrogen-bond acceptors (Lipinski definition) is 5. The molecule has 1 N–H and O–H groups in total. The maximum atomic E-state index is 11.9. The molecule has 3 aromatic rings. The van der Waals surface area contributed by atoms with Gasteiger partial charge in [-0.2, -0.15) is 0 Å². The number of hydrogen-bond donors (Lipinski definition) is 1. The second-order valence-electron chi connectivity index (χ2n) is 4.58. The number of nitrogens with one attached hydrogen (secondary N) is 1. The molecule has 23 heavy (non-hydrogen) atoms. The van der Waals surface area contributed by atoms with Gasteiger partial charge in [0.1, 0.15) is 0 Å². The van der Waals surface area contributed by atoms with E-state index in [1.807, 2.05) is 54.6 Å². The van der Waals surface area contributed by atoms with Gasteiger partial charge in [-0.1, -0.05) is 30.0 Å². The molecule has 0 aliphatic rings. The van der Waals surface area contributed by atoms with Crippen molar-refractivity contribution >= 4 is 45.9 Å². The second-order valence-corrected chi connectivity index (χ2v) is 6.76. The van der Waals surface area contributed by atoms with Crippen molar-refractivity contribution in [1.29, 1.82) is 0 Å². The Bertz CT molecular complexity index is 791. The number of carbonyl (C=O) groups excluding carboxylic acids is 1. The minimum atomic E-state index is -0.115. The molecule has 0 saturated heterocycles. The van der Waals surface area contributed by atoms with Crippen LogP contribution in [-0.2, 0) is 4.79 Å². The summed E-state index contributed by atoms with van der Waals surface area (Å²) in [6.07, 6.45) is 0. The number of anilines is 1. The van der Waals surface area contributed by atoms with Gasteiger partial charge in [0, 0.05) is 14.8 Å². The molecule has 1 heterocycles. The van der Waals surface area contributed by atoms with Gasteiger partial charge in [-0.05, 0) is 59.0 Å². The molecule has 0 bridgehead atoms. The van der Waals surface area contributed by atoms with Gasteiger partial charge in [0.2, 0.25) is 11.8 Å². The van der Waals surface area contributed by atoms with Gasteiger partial charge in [0.25, 0.3) is 5.22 Å². The minimum Gasteiger partial charge on any atom is -0.411 e. The summed E-state index contributed by atoms with van der Waals surface area (Å²) in [5.41, 5.74) is 1.63. The van der Waals surface area contributed by atoms with E-state index in [0.29, 0.717) is 11.1 Å². The van der Waals surface area contributed by atoms with Crippen LogP contribution >= 0.6 is 34.4 Å². The van der Waals surface area contributed by atoms with Crippen molar-refractivity contribution in [1.82, 2.24) is 10.2 Å². The van der Waals surface area contributed by atoms with Crippen molar-refractivity contribution in [3.05, 3.63) is 58.2 Å². The lowest BCUT2D eigenvalue weighted by molar-refractivity contribution is -0.113. The molecule has 0 atom stereocenters. The number of aromatic nitrogens is 2. The third-order valence-corrected chi connectivity index (χ3v) is 4.42. The predicted octanol–water partition coefficient (Wildman–Crippen LogP) is 4.07. The Labute approximate surface area is 151 Å². The summed E-state index contributed by atoms with van der Waals surface area (Å²) in [6, 6.07) is 17.1. The Morgan fingerprint density at radius 2 is 1.83 bits per heavy atom. The number of carbonyl (C=O) groups is 1. The number of benzene rings is 2. The molecule has 5 nitrogen and oxygen atoms in total. The fraction of sp³-hybridized carbons (Fsp3) is 0.0625. The van der Waals surface area contributed by atoms with Gasteiger partial charge in [0.15, 0.2) is 0 Å². The molecular weight excluding hydrogens is 425 g/mol. The van der Waals surface area contributed by atoms with Crippen molar-refractivity contribution in [2.24, 2.45) is 0 Å². The zero-order chi connectivity index (χ0) is 16.1. The molecule has 116 valence electrons. The lowest BCUT2D eigenvalue weighted by atomic mass is 10.2. The summed E-state index contributed by atoms with van der Waals surface area (Å²) in [7, 11) is 0. The van der Waals surface area contributed by atoms with E-state index in [4.69, 9.17) is 4.42 Å². The molecule has 2 aromatic carbocycles. The zero-order valence-corrected chi connectivity index (χ0v) is 14.9. The highest BCUT2D eigenvalue weighted by Gasteiger charge is 2.11. The van der Waals surface area contributed by atoms with Crippen LogP contribution in [0.15, 0.2) is 64.2 Å². The Kier molecular flexibility index (Phi) is 5.29. The third kappa shape index (κ3) is 4.55. The molecule has 1 aromatic heterocycles. The first-order valence-corrected chi connectivity index (χ1v) is 8.84. The van der Waals surface area contributed by atoms with Crippen molar-refractivity contribution in [2.75, 3.05) is 11.1 Å². The Morgan fingerprint density at radius 3 is 2.57 bits per heavy atom. The number of rotatable bonds is 5. The summed E-state index contributed by atoms with van der Waals surface area (Å²) in [4.78, 5) is 11.9. The standard InChI is InChI=1S/C16H12IN3O2S/c17-12-6-8-13(9-7-12)18-14(21)10-23-16-20-19-15(22-16)11-4-2-1-3-5-11/h1-9H,10H2,(H,18,21). The highest BCUT2D eigenvalue weighted by atomic mass is 127. The van der Waals surface area contributed by atoms with E-state index in [1.54, 1.807) is 0 Å². The van der Waals surface area contributed by atoms with E-state index < -0.39 is 0 Å². The van der Waals surface area contributed by atoms with E-state index in [2.05, 4.69) is 38.1 Å². The lowest BCUT2D eigenvalue weighted by Gasteiger charge is -2.03. The fourth-order valence-corrected chi connectivity index (χ4v) is 2.75. The molecule has 1 amide bonds. The molecule has 7 heteroatoms. The van der Waals surface area contributed by atoms with Crippen LogP contribution in [0.1, 0.15) is 0 Å². The van der Waals surface area contributed by atoms with E-state index >= 15 is 0 Å². The van der Waals surface area contributed by atoms with Crippen molar-refractivity contribution in [3.63, 3.8) is 0 Å². The van der Waals surface area contributed by atoms with Crippen LogP contribution < -0.4 is 5.32 Å². The van der Waals surface area contributed by atoms with Crippen LogP contribution in [0.25, 0.3) is 11.5 Å². The third-order valence-electron chi connectivity index (χ3n) is 2.88. The molecule has 0 aliphatic heterocycles. The second kappa shape index (κ2) is 7.60. The predicted molar refractivity (Wildman–Crippen MR) is 98.2 cm³/mol. The topological polar surface area (TPSA) is 68.0 Å². The maximum absolute atomic E-state index is 11.9. The smallest absolute Gasteiger partial charge is 0.277 e. The Morgan fingerprint density at radius 1 is 1.09 bits per heavy atom. The average Bonchev–Trinajstić information content (AvgIpc) is 3.05. The normalized spacial score (nSPS) is 10.5. The van der Waals surface area contributed by atoms with E-state index in [9.17, 15) is 4.79 Å². The molecular formula is C16H12IN3O2S. The largest absolute Gasteiger partial charge is 0.411 e. The van der Waals surface area contributed by atoms with Gasteiger partial charge in [-0.3, -0.25) is 4.79 Å². The van der Waals surface area contributed by atoms with Gasteiger partial charge in [-0.25, -0.2) is 0 Å². The highest BCUT2D eigenvalue weighted by molar-refractivity contribution is 14.1. The molecule has 3 rings (SSSR count). The Balaban J connectivity index is 1.55. The monoisotopic (exact) mass is 437 g/mol. The van der Waals surface area contributed by atoms with Gasteiger partial charge in [-0.15, -0.1) is 10.2 Å². The average molecular weight is 437 g/mol. The summed E-state index contributed by atoms with van der Waals surface area (Å²) in [5, 5.41) is 11.1. The van der Waals surface area contributed by atoms with Crippen molar-refractivity contribution in [3.8, 4) is 11.5 Å². The molecule has 0 radical (unpaired) electrons. The molecule has 0 unspecified atom stereocenters. The van der Waals surface area contributed by atoms with Crippen LogP contribution in [0, 0.1) is 3.57 Å². The number of nitrogens with zero attached hydrogens (tertiary/aromatic N) is 2. The first-order chi connectivity index (χ1) is 11.2. The lowest BCUT2D eigenvalue weighted by Crippen LogP contribution is -2.13. The quantitative estimate of drug-likeness (QED) is 0.482. The van der Waals surface area contributed by atoms with Gasteiger partial charge in [0.05, 0.1) is 5.75 Å². The van der Waals surface area contributed by atoms with Crippen molar-refractivity contribution < 1.29 is 9.21 Å². The van der Waals surface area contributed by atoms with E-state index in [0.717, 1.165) is 14.8 Å². The maximum Gasteiger partial charge on any atom is 0.277 e. The van der Waals surface area contributed by atoms with E-state index in [1.165, 1.54) is 11.8 Å². The van der Waals surface area contributed by atoms with Crippen molar-refractivity contribution in [2.45, 2.75) is 5.22 Å². The van der Waals surface area contributed by atoms with Gasteiger partial charge < -0.3 is 9.73 Å². The number of amides is 1. The van der Waals surface area contributed by atoms with Crippen LogP contribution in [0.2, 0.25) is 0 Å². The fourth-order valence-electron chi connectivity index (χ4n) is 1.82. The summed E-state index contributed by atoms with van der Waals surface area (Å²) in [5.74, 6) is 0.546. The highest BCUT2D eigenvalue weighted by Crippen LogP contribution is 2.23. The first-order valence-electron chi connectivity index (χ1n) is 6.78. The van der Waals surface area contributed by atoms with Gasteiger partial charge >= 0.3 is 0 Å². The summed E-state index contributed by atoms with van der Waals surface area (Å²) >= 11 is 3.43. The van der Waals surface area contributed by atoms with Crippen LogP contribution in [0.3, 0.4) is 0 Å². The number of halogens is 1. The van der Waals surface area contributed by atoms with Crippen LogP contribution in [-0.4, -0.2) is 21.9 Å². The first kappa shape index (κ1) is 16.0. The minimum absolute atomic E-state index is 0.115.